The molecule has 2 aromatic rings. The van der Waals surface area contributed by atoms with Crippen molar-refractivity contribution in [1.29, 1.82) is 0 Å². The molecule has 0 aromatic carbocycles. The second-order valence-corrected chi connectivity index (χ2v) is 5.61. The fourth-order valence-electron chi connectivity index (χ4n) is 2.37. The van der Waals surface area contributed by atoms with Gasteiger partial charge in [0.2, 0.25) is 0 Å². The van der Waals surface area contributed by atoms with Crippen molar-refractivity contribution in [2.75, 3.05) is 7.05 Å². The number of amides is 1. The van der Waals surface area contributed by atoms with E-state index in [0.29, 0.717) is 29.8 Å². The van der Waals surface area contributed by atoms with Gasteiger partial charge in [-0.15, -0.1) is 0 Å². The minimum Gasteiger partial charge on any atom is -0.464 e. The van der Waals surface area contributed by atoms with Gasteiger partial charge in [-0.25, -0.2) is 0 Å². The van der Waals surface area contributed by atoms with E-state index in [1.54, 1.807) is 24.9 Å². The first-order chi connectivity index (χ1) is 9.54. The summed E-state index contributed by atoms with van der Waals surface area (Å²) in [6.07, 6.45) is 1.19. The van der Waals surface area contributed by atoms with Crippen LogP contribution in [-0.2, 0) is 6.54 Å². The molecule has 0 N–H and O–H groups in total. The average Bonchev–Trinajstić information content (AvgIpc) is 2.80. The van der Waals surface area contributed by atoms with Crippen LogP contribution in [0.5, 0.6) is 0 Å². The van der Waals surface area contributed by atoms with Crippen molar-refractivity contribution in [2.24, 2.45) is 5.92 Å². The molecule has 1 aliphatic rings. The van der Waals surface area contributed by atoms with Crippen molar-refractivity contribution < 1.29 is 13.7 Å². The van der Waals surface area contributed by atoms with E-state index >= 15 is 0 Å². The molecule has 1 saturated carbocycles. The average molecular weight is 274 g/mol. The fraction of sp³-hybridized carbons (Fsp3) is 0.467. The van der Waals surface area contributed by atoms with Crippen molar-refractivity contribution in [3.05, 3.63) is 41.2 Å². The molecule has 2 aromatic heterocycles. The van der Waals surface area contributed by atoms with Crippen LogP contribution in [0.3, 0.4) is 0 Å². The first-order valence-electron chi connectivity index (χ1n) is 6.82. The molecular weight excluding hydrogens is 256 g/mol. The van der Waals surface area contributed by atoms with Gasteiger partial charge in [0.25, 0.3) is 5.91 Å². The molecule has 0 unspecified atom stereocenters. The molecule has 0 radical (unpaired) electrons. The van der Waals surface area contributed by atoms with Crippen LogP contribution in [0.25, 0.3) is 0 Å². The molecule has 0 aliphatic heterocycles. The van der Waals surface area contributed by atoms with Gasteiger partial charge < -0.3 is 13.8 Å². The van der Waals surface area contributed by atoms with Crippen molar-refractivity contribution >= 4 is 5.91 Å². The van der Waals surface area contributed by atoms with Gasteiger partial charge in [-0.05, 0) is 31.4 Å². The third-order valence-corrected chi connectivity index (χ3v) is 3.74. The standard InChI is InChI=1S/C15H18N2O3/c1-9-6-12(9)14-5-4-11(19-14)8-17(3)15(18)13-7-10(2)20-16-13/h4-5,7,9,12H,6,8H2,1-3H3/t9-,12-/m0/s1. The van der Waals surface area contributed by atoms with Gasteiger partial charge >= 0.3 is 0 Å². The van der Waals surface area contributed by atoms with E-state index in [9.17, 15) is 4.79 Å². The molecule has 1 amide bonds. The van der Waals surface area contributed by atoms with Gasteiger partial charge in [0.15, 0.2) is 5.69 Å². The minimum absolute atomic E-state index is 0.167. The quantitative estimate of drug-likeness (QED) is 0.860. The van der Waals surface area contributed by atoms with E-state index in [4.69, 9.17) is 8.94 Å². The Labute approximate surface area is 117 Å². The summed E-state index contributed by atoms with van der Waals surface area (Å²) in [5.41, 5.74) is 0.326. The maximum atomic E-state index is 12.1. The molecule has 5 heteroatoms. The number of carbonyl (C=O) groups is 1. The first-order valence-corrected chi connectivity index (χ1v) is 6.82. The Hall–Kier alpha value is -2.04. The molecule has 106 valence electrons. The summed E-state index contributed by atoms with van der Waals surface area (Å²) in [5.74, 6) is 3.57. The van der Waals surface area contributed by atoms with E-state index in [2.05, 4.69) is 12.1 Å². The lowest BCUT2D eigenvalue weighted by Crippen LogP contribution is -2.26. The number of nitrogens with zero attached hydrogens (tertiary/aromatic N) is 2. The normalized spacial score (nSPS) is 20.9. The Balaban J connectivity index is 1.65. The molecular formula is C15H18N2O3. The molecule has 0 spiro atoms. The molecule has 5 nitrogen and oxygen atoms in total. The van der Waals surface area contributed by atoms with Crippen LogP contribution in [-0.4, -0.2) is 23.0 Å². The Morgan fingerprint density at radius 3 is 2.85 bits per heavy atom. The van der Waals surface area contributed by atoms with Crippen LogP contribution >= 0.6 is 0 Å². The summed E-state index contributed by atoms with van der Waals surface area (Å²) in [4.78, 5) is 13.7. The lowest BCUT2D eigenvalue weighted by molar-refractivity contribution is 0.0764. The molecule has 3 rings (SSSR count). The number of hydrogen-bond donors (Lipinski definition) is 0. The topological polar surface area (TPSA) is 59.5 Å². The number of aromatic nitrogens is 1. The number of carbonyl (C=O) groups excluding carboxylic acids is 1. The SMILES string of the molecule is Cc1cc(C(=O)N(C)Cc2ccc([C@H]3C[C@@H]3C)o2)no1. The summed E-state index contributed by atoms with van der Waals surface area (Å²) < 4.78 is 10.7. The first kappa shape index (κ1) is 13.0. The maximum absolute atomic E-state index is 12.1. The minimum atomic E-state index is -0.167. The fourth-order valence-corrected chi connectivity index (χ4v) is 2.37. The highest BCUT2D eigenvalue weighted by Gasteiger charge is 2.36. The van der Waals surface area contributed by atoms with Crippen molar-refractivity contribution in [1.82, 2.24) is 10.1 Å². The molecule has 0 bridgehead atoms. The maximum Gasteiger partial charge on any atom is 0.276 e. The van der Waals surface area contributed by atoms with Crippen molar-refractivity contribution in [3.8, 4) is 0 Å². The zero-order valence-corrected chi connectivity index (χ0v) is 11.9. The molecule has 2 heterocycles. The van der Waals surface area contributed by atoms with Crippen LogP contribution < -0.4 is 0 Å². The largest absolute Gasteiger partial charge is 0.464 e. The van der Waals surface area contributed by atoms with Gasteiger partial charge in [-0.1, -0.05) is 12.1 Å². The lowest BCUT2D eigenvalue weighted by Gasteiger charge is -2.13. The summed E-state index contributed by atoms with van der Waals surface area (Å²) >= 11 is 0. The second-order valence-electron chi connectivity index (χ2n) is 5.61. The van der Waals surface area contributed by atoms with Crippen molar-refractivity contribution in [2.45, 2.75) is 32.7 Å². The van der Waals surface area contributed by atoms with E-state index in [-0.39, 0.29) is 5.91 Å². The van der Waals surface area contributed by atoms with Crippen LogP contribution in [0.2, 0.25) is 0 Å². The number of rotatable bonds is 4. The summed E-state index contributed by atoms with van der Waals surface area (Å²) in [6, 6.07) is 5.60. The van der Waals surface area contributed by atoms with Gasteiger partial charge in [-0.3, -0.25) is 4.79 Å². The van der Waals surface area contributed by atoms with E-state index < -0.39 is 0 Å². The predicted molar refractivity (Wildman–Crippen MR) is 72.3 cm³/mol. The molecule has 20 heavy (non-hydrogen) atoms. The highest BCUT2D eigenvalue weighted by molar-refractivity contribution is 5.91. The van der Waals surface area contributed by atoms with Crippen molar-refractivity contribution in [3.63, 3.8) is 0 Å². The molecule has 2 atom stereocenters. The Morgan fingerprint density at radius 2 is 2.25 bits per heavy atom. The Bertz CT molecular complexity index is 629. The van der Waals surface area contributed by atoms with Gasteiger partial charge in [0.05, 0.1) is 6.54 Å². The van der Waals surface area contributed by atoms with Crippen LogP contribution in [0.15, 0.2) is 27.1 Å². The lowest BCUT2D eigenvalue weighted by atomic mass is 10.3. The van der Waals surface area contributed by atoms with Crippen LogP contribution in [0, 0.1) is 12.8 Å². The van der Waals surface area contributed by atoms with E-state index in [1.807, 2.05) is 12.1 Å². The molecule has 1 aliphatic carbocycles. The smallest absolute Gasteiger partial charge is 0.276 e. The molecule has 1 fully saturated rings. The van der Waals surface area contributed by atoms with E-state index in [0.717, 1.165) is 11.5 Å². The highest BCUT2D eigenvalue weighted by Crippen LogP contribution is 2.47. The monoisotopic (exact) mass is 274 g/mol. The number of furan rings is 1. The van der Waals surface area contributed by atoms with Crippen LogP contribution in [0.1, 0.15) is 47.0 Å². The summed E-state index contributed by atoms with van der Waals surface area (Å²) in [5, 5.41) is 3.73. The molecule has 0 saturated heterocycles. The third kappa shape index (κ3) is 2.48. The summed E-state index contributed by atoms with van der Waals surface area (Å²) in [7, 11) is 1.73. The highest BCUT2D eigenvalue weighted by atomic mass is 16.5. The van der Waals surface area contributed by atoms with Gasteiger partial charge in [0, 0.05) is 19.0 Å². The third-order valence-electron chi connectivity index (χ3n) is 3.74. The number of aryl methyl sites for hydroxylation is 1. The summed E-state index contributed by atoms with van der Waals surface area (Å²) in [6.45, 7) is 4.42. The van der Waals surface area contributed by atoms with E-state index in [1.165, 1.54) is 6.42 Å². The second kappa shape index (κ2) is 4.81. The van der Waals surface area contributed by atoms with Gasteiger partial charge in [0.1, 0.15) is 17.3 Å². The zero-order valence-electron chi connectivity index (χ0n) is 11.9. The Kier molecular flexibility index (Phi) is 3.12. The van der Waals surface area contributed by atoms with Crippen LogP contribution in [0.4, 0.5) is 0 Å². The van der Waals surface area contributed by atoms with Gasteiger partial charge in [-0.2, -0.15) is 0 Å². The predicted octanol–water partition coefficient (Wildman–Crippen LogP) is 2.97. The zero-order chi connectivity index (χ0) is 14.3. The Morgan fingerprint density at radius 1 is 1.50 bits per heavy atom. The number of hydrogen-bond acceptors (Lipinski definition) is 4.